The van der Waals surface area contributed by atoms with Gasteiger partial charge >= 0.3 is 0 Å². The highest BCUT2D eigenvalue weighted by Crippen LogP contribution is 2.35. The molecule has 0 saturated carbocycles. The zero-order chi connectivity index (χ0) is 18.9. The Labute approximate surface area is 161 Å². The van der Waals surface area contributed by atoms with Gasteiger partial charge in [-0.3, -0.25) is 0 Å². The molecule has 3 rings (SSSR count). The number of benzene rings is 3. The van der Waals surface area contributed by atoms with Gasteiger partial charge in [-0.2, -0.15) is 0 Å². The predicted octanol–water partition coefficient (Wildman–Crippen LogP) is 5.52. The molecule has 0 amide bonds. The van der Waals surface area contributed by atoms with Crippen LogP contribution in [0.25, 0.3) is 0 Å². The van der Waals surface area contributed by atoms with Gasteiger partial charge in [0, 0.05) is 14.2 Å². The minimum Gasteiger partial charge on any atom is -0.374 e. The van der Waals surface area contributed by atoms with Gasteiger partial charge in [0.05, 0.1) is 6.61 Å². The van der Waals surface area contributed by atoms with Crippen molar-refractivity contribution < 1.29 is 14.2 Å². The highest BCUT2D eigenvalue weighted by molar-refractivity contribution is 5.25. The van der Waals surface area contributed by atoms with Crippen LogP contribution in [-0.4, -0.2) is 20.8 Å². The second-order valence-corrected chi connectivity index (χ2v) is 6.37. The maximum atomic E-state index is 6.39. The quantitative estimate of drug-likeness (QED) is 0.502. The number of hydrogen-bond acceptors (Lipinski definition) is 3. The lowest BCUT2D eigenvalue weighted by Gasteiger charge is -2.29. The normalized spacial score (nSPS) is 14.4. The van der Waals surface area contributed by atoms with Crippen molar-refractivity contribution in [3.63, 3.8) is 0 Å². The lowest BCUT2D eigenvalue weighted by Crippen LogP contribution is -2.20. The zero-order valence-corrected chi connectivity index (χ0v) is 15.8. The van der Waals surface area contributed by atoms with E-state index >= 15 is 0 Å². The predicted molar refractivity (Wildman–Crippen MR) is 108 cm³/mol. The molecule has 0 unspecified atom stereocenters. The van der Waals surface area contributed by atoms with E-state index in [0.29, 0.717) is 6.61 Å². The first-order valence-corrected chi connectivity index (χ1v) is 9.15. The van der Waals surface area contributed by atoms with Gasteiger partial charge in [0.1, 0.15) is 18.3 Å². The molecule has 0 bridgehead atoms. The molecule has 0 N–H and O–H groups in total. The molecule has 140 valence electrons. The molecule has 3 aromatic carbocycles. The molecule has 0 saturated heterocycles. The standard InChI is InChI=1S/C24H26O3/c1-25-22(19-12-6-3-7-13-19)18-27-24(21-16-10-5-11-17-21)23(26-2)20-14-8-4-9-15-20/h3-17,22-24H,18H2,1-2H3/t22-,23+,24+/m0/s1. The van der Waals surface area contributed by atoms with Crippen LogP contribution in [0.1, 0.15) is 35.0 Å². The second-order valence-electron chi connectivity index (χ2n) is 6.37. The molecule has 3 aromatic rings. The minimum absolute atomic E-state index is 0.134. The first kappa shape index (κ1) is 19.3. The highest BCUT2D eigenvalue weighted by atomic mass is 16.6. The van der Waals surface area contributed by atoms with Crippen molar-refractivity contribution in [1.82, 2.24) is 0 Å². The van der Waals surface area contributed by atoms with Gasteiger partial charge in [-0.25, -0.2) is 0 Å². The third-order valence-electron chi connectivity index (χ3n) is 4.67. The molecule has 0 aliphatic carbocycles. The summed E-state index contributed by atoms with van der Waals surface area (Å²) in [5, 5.41) is 0. The Morgan fingerprint density at radius 1 is 0.556 bits per heavy atom. The fourth-order valence-corrected chi connectivity index (χ4v) is 3.24. The topological polar surface area (TPSA) is 27.7 Å². The maximum absolute atomic E-state index is 6.39. The molecule has 0 radical (unpaired) electrons. The van der Waals surface area contributed by atoms with Gasteiger partial charge in [-0.15, -0.1) is 0 Å². The molecule has 0 aliphatic heterocycles. The molecule has 0 aliphatic rings. The molecule has 27 heavy (non-hydrogen) atoms. The van der Waals surface area contributed by atoms with Crippen LogP contribution in [0.3, 0.4) is 0 Å². The van der Waals surface area contributed by atoms with E-state index in [1.54, 1.807) is 14.2 Å². The van der Waals surface area contributed by atoms with Gasteiger partial charge in [0.15, 0.2) is 0 Å². The van der Waals surface area contributed by atoms with Crippen LogP contribution in [0.15, 0.2) is 91.0 Å². The molecule has 3 atom stereocenters. The highest BCUT2D eigenvalue weighted by Gasteiger charge is 2.27. The second kappa shape index (κ2) is 10.0. The number of hydrogen-bond donors (Lipinski definition) is 0. The van der Waals surface area contributed by atoms with Crippen LogP contribution in [0.5, 0.6) is 0 Å². The van der Waals surface area contributed by atoms with Crippen LogP contribution >= 0.6 is 0 Å². The van der Waals surface area contributed by atoms with Crippen molar-refractivity contribution in [2.75, 3.05) is 20.8 Å². The van der Waals surface area contributed by atoms with Crippen LogP contribution in [0, 0.1) is 0 Å². The largest absolute Gasteiger partial charge is 0.374 e. The lowest BCUT2D eigenvalue weighted by atomic mass is 9.98. The van der Waals surface area contributed by atoms with E-state index in [-0.39, 0.29) is 18.3 Å². The van der Waals surface area contributed by atoms with Gasteiger partial charge in [-0.1, -0.05) is 91.0 Å². The Morgan fingerprint density at radius 2 is 1.00 bits per heavy atom. The van der Waals surface area contributed by atoms with E-state index in [0.717, 1.165) is 16.7 Å². The first-order valence-electron chi connectivity index (χ1n) is 9.15. The monoisotopic (exact) mass is 362 g/mol. The summed E-state index contributed by atoms with van der Waals surface area (Å²) in [6.07, 6.45) is -0.576. The molecular weight excluding hydrogens is 336 g/mol. The fraction of sp³-hybridized carbons (Fsp3) is 0.250. The Hall–Kier alpha value is -2.46. The van der Waals surface area contributed by atoms with Crippen molar-refractivity contribution in [3.8, 4) is 0 Å². The zero-order valence-electron chi connectivity index (χ0n) is 15.8. The van der Waals surface area contributed by atoms with E-state index < -0.39 is 0 Å². The minimum atomic E-state index is -0.236. The summed E-state index contributed by atoms with van der Waals surface area (Å²) >= 11 is 0. The van der Waals surface area contributed by atoms with E-state index in [4.69, 9.17) is 14.2 Å². The summed E-state index contributed by atoms with van der Waals surface area (Å²) < 4.78 is 17.9. The Morgan fingerprint density at radius 3 is 1.44 bits per heavy atom. The third-order valence-corrected chi connectivity index (χ3v) is 4.67. The van der Waals surface area contributed by atoms with Gasteiger partial charge in [0.2, 0.25) is 0 Å². The summed E-state index contributed by atoms with van der Waals surface area (Å²) in [5.74, 6) is 0. The summed E-state index contributed by atoms with van der Waals surface area (Å²) in [5.41, 5.74) is 3.26. The summed E-state index contributed by atoms with van der Waals surface area (Å²) in [7, 11) is 3.44. The molecule has 0 heterocycles. The van der Waals surface area contributed by atoms with Crippen molar-refractivity contribution >= 4 is 0 Å². The molecule has 3 heteroatoms. The Bertz CT molecular complexity index is 774. The van der Waals surface area contributed by atoms with Crippen molar-refractivity contribution in [3.05, 3.63) is 108 Å². The van der Waals surface area contributed by atoms with Crippen LogP contribution in [-0.2, 0) is 14.2 Å². The van der Waals surface area contributed by atoms with Crippen LogP contribution < -0.4 is 0 Å². The smallest absolute Gasteiger partial charge is 0.113 e. The SMILES string of the molecule is CO[C@@H](CO[C@H](c1ccccc1)[C@H](OC)c1ccccc1)c1ccccc1. The van der Waals surface area contributed by atoms with Gasteiger partial charge in [0.25, 0.3) is 0 Å². The molecule has 0 aromatic heterocycles. The van der Waals surface area contributed by atoms with Crippen molar-refractivity contribution in [1.29, 1.82) is 0 Å². The maximum Gasteiger partial charge on any atom is 0.113 e. The van der Waals surface area contributed by atoms with E-state index in [2.05, 4.69) is 36.4 Å². The van der Waals surface area contributed by atoms with Crippen molar-refractivity contribution in [2.24, 2.45) is 0 Å². The first-order chi connectivity index (χ1) is 13.3. The Balaban J connectivity index is 1.84. The van der Waals surface area contributed by atoms with Gasteiger partial charge < -0.3 is 14.2 Å². The lowest BCUT2D eigenvalue weighted by molar-refractivity contribution is -0.0913. The summed E-state index contributed by atoms with van der Waals surface area (Å²) in [6, 6.07) is 30.5. The van der Waals surface area contributed by atoms with Gasteiger partial charge in [-0.05, 0) is 16.7 Å². The van der Waals surface area contributed by atoms with Crippen molar-refractivity contribution in [2.45, 2.75) is 18.3 Å². The molecular formula is C24H26O3. The van der Waals surface area contributed by atoms with E-state index in [9.17, 15) is 0 Å². The van der Waals surface area contributed by atoms with Crippen LogP contribution in [0.4, 0.5) is 0 Å². The molecule has 3 nitrogen and oxygen atoms in total. The summed E-state index contributed by atoms with van der Waals surface area (Å²) in [6.45, 7) is 0.437. The third kappa shape index (κ3) is 5.04. The van der Waals surface area contributed by atoms with E-state index in [1.165, 1.54) is 0 Å². The average Bonchev–Trinajstić information content (AvgIpc) is 2.75. The molecule has 0 fully saturated rings. The number of methoxy groups -OCH3 is 2. The van der Waals surface area contributed by atoms with E-state index in [1.807, 2.05) is 54.6 Å². The average molecular weight is 362 g/mol. The number of rotatable bonds is 9. The molecule has 0 spiro atoms. The Kier molecular flexibility index (Phi) is 7.17. The fourth-order valence-electron chi connectivity index (χ4n) is 3.24. The number of ether oxygens (including phenoxy) is 3. The van der Waals surface area contributed by atoms with Crippen LogP contribution in [0.2, 0.25) is 0 Å². The summed E-state index contributed by atoms with van der Waals surface area (Å²) in [4.78, 5) is 0.